The molecule has 9 heteroatoms. The lowest BCUT2D eigenvalue weighted by molar-refractivity contribution is -0.0510. The van der Waals surface area contributed by atoms with Crippen molar-refractivity contribution in [1.82, 2.24) is 14.5 Å². The Labute approximate surface area is 112 Å². The number of hydrogen-bond donors (Lipinski definition) is 4. The van der Waals surface area contributed by atoms with E-state index in [1.807, 2.05) is 0 Å². The Balaban J connectivity index is 2.10. The van der Waals surface area contributed by atoms with E-state index in [2.05, 4.69) is 9.97 Å². The van der Waals surface area contributed by atoms with Crippen molar-refractivity contribution < 1.29 is 24.4 Å². The highest BCUT2D eigenvalue weighted by Gasteiger charge is 2.44. The second-order valence-corrected chi connectivity index (χ2v) is 4.57. The molecular formula is C11H13FN4O4. The molecule has 0 spiro atoms. The maximum Gasteiger partial charge on any atom is 0.164 e. The molecule has 0 aromatic carbocycles. The summed E-state index contributed by atoms with van der Waals surface area (Å²) in [6.45, 7) is -0.465. The van der Waals surface area contributed by atoms with E-state index in [0.717, 1.165) is 12.5 Å². The molecule has 1 saturated heterocycles. The van der Waals surface area contributed by atoms with E-state index >= 15 is 0 Å². The summed E-state index contributed by atoms with van der Waals surface area (Å²) in [7, 11) is 0. The van der Waals surface area contributed by atoms with Crippen LogP contribution in [0.4, 0.5) is 10.2 Å². The number of fused-ring (bicyclic) bond motifs is 1. The minimum atomic E-state index is -1.32. The van der Waals surface area contributed by atoms with Crippen molar-refractivity contribution >= 4 is 16.9 Å². The van der Waals surface area contributed by atoms with Crippen molar-refractivity contribution in [2.75, 3.05) is 12.3 Å². The van der Waals surface area contributed by atoms with E-state index in [1.54, 1.807) is 0 Å². The molecule has 2 aromatic heterocycles. The summed E-state index contributed by atoms with van der Waals surface area (Å²) in [6, 6.07) is 0. The molecule has 1 aliphatic rings. The van der Waals surface area contributed by atoms with E-state index in [1.165, 1.54) is 4.57 Å². The van der Waals surface area contributed by atoms with Crippen molar-refractivity contribution in [2.45, 2.75) is 24.5 Å². The number of halogens is 1. The lowest BCUT2D eigenvalue weighted by atomic mass is 10.1. The highest BCUT2D eigenvalue weighted by Crippen LogP contribution is 2.33. The third-order valence-corrected chi connectivity index (χ3v) is 3.38. The Bertz CT molecular complexity index is 649. The molecule has 1 aliphatic heterocycles. The van der Waals surface area contributed by atoms with Crippen molar-refractivity contribution in [3.8, 4) is 0 Å². The van der Waals surface area contributed by atoms with E-state index in [-0.39, 0.29) is 16.9 Å². The Morgan fingerprint density at radius 3 is 2.75 bits per heavy atom. The van der Waals surface area contributed by atoms with Crippen LogP contribution in [0.15, 0.2) is 12.5 Å². The summed E-state index contributed by atoms with van der Waals surface area (Å²) in [6.07, 6.45) is -2.38. The first-order valence-electron chi connectivity index (χ1n) is 5.93. The third kappa shape index (κ3) is 1.75. The normalized spacial score (nSPS) is 30.2. The monoisotopic (exact) mass is 284 g/mol. The van der Waals surface area contributed by atoms with Crippen LogP contribution in [0, 0.1) is 5.82 Å². The largest absolute Gasteiger partial charge is 0.394 e. The first kappa shape index (κ1) is 13.2. The minimum Gasteiger partial charge on any atom is -0.394 e. The molecule has 5 N–H and O–H groups in total. The topological polar surface area (TPSA) is 127 Å². The maximum atomic E-state index is 13.9. The molecule has 3 heterocycles. The molecule has 3 rings (SSSR count). The zero-order valence-corrected chi connectivity index (χ0v) is 10.2. The fourth-order valence-electron chi connectivity index (χ4n) is 2.37. The fourth-order valence-corrected chi connectivity index (χ4v) is 2.37. The highest BCUT2D eigenvalue weighted by molar-refractivity contribution is 5.86. The van der Waals surface area contributed by atoms with Crippen molar-refractivity contribution in [3.63, 3.8) is 0 Å². The van der Waals surface area contributed by atoms with Crippen LogP contribution in [0.5, 0.6) is 0 Å². The molecule has 0 bridgehead atoms. The summed E-state index contributed by atoms with van der Waals surface area (Å²) < 4.78 is 20.5. The van der Waals surface area contributed by atoms with Gasteiger partial charge in [-0.2, -0.15) is 0 Å². The fraction of sp³-hybridized carbons (Fsp3) is 0.455. The van der Waals surface area contributed by atoms with Gasteiger partial charge in [-0.3, -0.25) is 0 Å². The predicted molar refractivity (Wildman–Crippen MR) is 64.9 cm³/mol. The standard InChI is InChI=1S/C11H13FN4O4/c12-4-1-16(10-6(4)9(13)14-3-15-10)11-8(19)7(18)5(2-17)20-11/h1,3,5,7-8,11,17-19H,2H2,(H2,13,14,15)/t5-,7-,8-,11-/m0/s1. The lowest BCUT2D eigenvalue weighted by Gasteiger charge is -2.16. The van der Waals surface area contributed by atoms with Gasteiger partial charge in [0.15, 0.2) is 17.7 Å². The minimum absolute atomic E-state index is 0.0187. The van der Waals surface area contributed by atoms with Gasteiger partial charge in [-0.05, 0) is 0 Å². The average molecular weight is 284 g/mol. The molecule has 0 amide bonds. The zero-order chi connectivity index (χ0) is 14.4. The number of nitrogens with two attached hydrogens (primary N) is 1. The Hall–Kier alpha value is -1.81. The van der Waals surface area contributed by atoms with E-state index in [0.29, 0.717) is 0 Å². The summed E-state index contributed by atoms with van der Waals surface area (Å²) in [5.74, 6) is -0.686. The first-order chi connectivity index (χ1) is 9.54. The molecule has 1 fully saturated rings. The molecule has 108 valence electrons. The number of aliphatic hydroxyl groups excluding tert-OH is 3. The van der Waals surface area contributed by atoms with Gasteiger partial charge in [0.25, 0.3) is 0 Å². The Kier molecular flexibility index (Phi) is 3.05. The van der Waals surface area contributed by atoms with Gasteiger partial charge < -0.3 is 30.4 Å². The molecule has 20 heavy (non-hydrogen) atoms. The lowest BCUT2D eigenvalue weighted by Crippen LogP contribution is -2.33. The highest BCUT2D eigenvalue weighted by atomic mass is 19.1. The number of ether oxygens (including phenoxy) is 1. The van der Waals surface area contributed by atoms with Gasteiger partial charge in [-0.15, -0.1) is 0 Å². The van der Waals surface area contributed by atoms with Crippen LogP contribution in [-0.4, -0.2) is 54.8 Å². The number of hydrogen-bond acceptors (Lipinski definition) is 7. The molecule has 8 nitrogen and oxygen atoms in total. The van der Waals surface area contributed by atoms with E-state index in [9.17, 15) is 14.6 Å². The number of aliphatic hydroxyl groups is 3. The summed E-state index contributed by atoms with van der Waals surface area (Å²) >= 11 is 0. The maximum absolute atomic E-state index is 13.9. The summed E-state index contributed by atoms with van der Waals surface area (Å²) in [5, 5.41) is 28.7. The molecule has 0 aliphatic carbocycles. The zero-order valence-electron chi connectivity index (χ0n) is 10.2. The SMILES string of the molecule is Nc1ncnc2c1c(F)cn2[C@H]1O[C@@H](CO)[C@H](O)[C@@H]1O. The van der Waals surface area contributed by atoms with Crippen LogP contribution >= 0.6 is 0 Å². The molecule has 0 unspecified atom stereocenters. The van der Waals surface area contributed by atoms with Gasteiger partial charge in [0.05, 0.1) is 12.0 Å². The number of aromatic nitrogens is 3. The van der Waals surface area contributed by atoms with Crippen molar-refractivity contribution in [2.24, 2.45) is 0 Å². The smallest absolute Gasteiger partial charge is 0.164 e. The van der Waals surface area contributed by atoms with Crippen LogP contribution in [0.25, 0.3) is 11.0 Å². The number of anilines is 1. The van der Waals surface area contributed by atoms with Gasteiger partial charge in [-0.1, -0.05) is 0 Å². The predicted octanol–water partition coefficient (Wildman–Crippen LogP) is -1.24. The second-order valence-electron chi connectivity index (χ2n) is 4.57. The van der Waals surface area contributed by atoms with Gasteiger partial charge in [0.1, 0.15) is 30.5 Å². The van der Waals surface area contributed by atoms with E-state index in [4.69, 9.17) is 15.6 Å². The van der Waals surface area contributed by atoms with E-state index < -0.39 is 37.0 Å². The molecule has 2 aromatic rings. The average Bonchev–Trinajstić information content (AvgIpc) is 2.90. The number of rotatable bonds is 2. The molecule has 0 radical (unpaired) electrons. The first-order valence-corrected chi connectivity index (χ1v) is 5.93. The third-order valence-electron chi connectivity index (χ3n) is 3.38. The van der Waals surface area contributed by atoms with Crippen molar-refractivity contribution in [1.29, 1.82) is 0 Å². The van der Waals surface area contributed by atoms with Gasteiger partial charge in [0.2, 0.25) is 0 Å². The van der Waals surface area contributed by atoms with Crippen LogP contribution < -0.4 is 5.73 Å². The number of nitrogens with zero attached hydrogens (tertiary/aromatic N) is 3. The summed E-state index contributed by atoms with van der Waals surface area (Å²) in [5.41, 5.74) is 5.73. The quantitative estimate of drug-likeness (QED) is 0.543. The van der Waals surface area contributed by atoms with Crippen LogP contribution in [-0.2, 0) is 4.74 Å². The van der Waals surface area contributed by atoms with Crippen LogP contribution in [0.1, 0.15) is 6.23 Å². The number of nitrogen functional groups attached to an aromatic ring is 1. The van der Waals surface area contributed by atoms with Gasteiger partial charge in [0, 0.05) is 6.20 Å². The molecular weight excluding hydrogens is 271 g/mol. The van der Waals surface area contributed by atoms with Crippen molar-refractivity contribution in [3.05, 3.63) is 18.3 Å². The summed E-state index contributed by atoms with van der Waals surface area (Å²) in [4.78, 5) is 7.61. The van der Waals surface area contributed by atoms with Gasteiger partial charge in [-0.25, -0.2) is 14.4 Å². The molecule has 4 atom stereocenters. The Morgan fingerprint density at radius 1 is 1.35 bits per heavy atom. The van der Waals surface area contributed by atoms with Gasteiger partial charge >= 0.3 is 0 Å². The molecule has 0 saturated carbocycles. The van der Waals surface area contributed by atoms with Crippen LogP contribution in [0.2, 0.25) is 0 Å². The second kappa shape index (κ2) is 4.63. The van der Waals surface area contributed by atoms with Crippen LogP contribution in [0.3, 0.4) is 0 Å². The Morgan fingerprint density at radius 2 is 2.10 bits per heavy atom.